The van der Waals surface area contributed by atoms with Crippen molar-refractivity contribution in [2.45, 2.75) is 23.6 Å². The summed E-state index contributed by atoms with van der Waals surface area (Å²) < 4.78 is 39.7. The lowest BCUT2D eigenvalue weighted by Gasteiger charge is -2.33. The summed E-state index contributed by atoms with van der Waals surface area (Å²) in [5.74, 6) is 0.614. The number of furan rings is 1. The number of ether oxygens (including phenoxy) is 1. The number of fused-ring (bicyclic) bond motifs is 1. The van der Waals surface area contributed by atoms with Crippen molar-refractivity contribution in [3.63, 3.8) is 0 Å². The molecule has 34 heavy (non-hydrogen) atoms. The first-order valence-corrected chi connectivity index (χ1v) is 13.9. The normalized spacial score (nSPS) is 17.1. The summed E-state index contributed by atoms with van der Waals surface area (Å²) >= 11 is 2.58. The number of carbonyl (C=O) groups excluding carboxylic acids is 1. The number of hydrogen-bond donors (Lipinski definition) is 0. The molecule has 1 aliphatic rings. The lowest BCUT2D eigenvalue weighted by atomic mass is 9.98. The van der Waals surface area contributed by atoms with Crippen LogP contribution < -0.4 is 9.64 Å². The van der Waals surface area contributed by atoms with Crippen LogP contribution in [0.2, 0.25) is 0 Å². The third-order valence-electron chi connectivity index (χ3n) is 5.80. The van der Waals surface area contributed by atoms with Crippen LogP contribution in [0.5, 0.6) is 5.75 Å². The minimum Gasteiger partial charge on any atom is -0.494 e. The van der Waals surface area contributed by atoms with Crippen LogP contribution >= 0.6 is 22.7 Å². The standard InChI is InChI=1S/C23H23N3O5S3/c1-30-18-8-2-9-19-21(18)24-23(33-19)26(15-17-7-4-12-31-17)22(27)16-6-3-11-25(14-16)34(28,29)20-10-5-13-32-20/h2,4-5,7-10,12-13,16H,3,6,11,14-15H2,1H3. The average Bonchev–Trinajstić information content (AvgIpc) is 3.63. The third kappa shape index (κ3) is 4.36. The van der Waals surface area contributed by atoms with Crippen molar-refractivity contribution in [1.82, 2.24) is 9.29 Å². The molecule has 0 saturated carbocycles. The molecule has 11 heteroatoms. The highest BCUT2D eigenvalue weighted by molar-refractivity contribution is 7.91. The molecule has 0 N–H and O–H groups in total. The van der Waals surface area contributed by atoms with Gasteiger partial charge in [0.1, 0.15) is 21.2 Å². The number of methoxy groups -OCH3 is 1. The number of piperidine rings is 1. The zero-order chi connectivity index (χ0) is 23.7. The van der Waals surface area contributed by atoms with Crippen LogP contribution in [0.3, 0.4) is 0 Å². The van der Waals surface area contributed by atoms with Gasteiger partial charge >= 0.3 is 0 Å². The maximum atomic E-state index is 13.8. The van der Waals surface area contributed by atoms with Crippen molar-refractivity contribution >= 4 is 54.0 Å². The summed E-state index contributed by atoms with van der Waals surface area (Å²) in [6.45, 7) is 0.755. The smallest absolute Gasteiger partial charge is 0.252 e. The van der Waals surface area contributed by atoms with Gasteiger partial charge in [0.15, 0.2) is 5.13 Å². The number of hydrogen-bond acceptors (Lipinski definition) is 8. The molecule has 1 aromatic carbocycles. The largest absolute Gasteiger partial charge is 0.494 e. The Bertz CT molecular complexity index is 1380. The molecule has 0 aliphatic carbocycles. The number of amides is 1. The molecule has 0 radical (unpaired) electrons. The van der Waals surface area contributed by atoms with Gasteiger partial charge in [-0.25, -0.2) is 13.4 Å². The maximum absolute atomic E-state index is 13.8. The minimum atomic E-state index is -3.62. The molecular weight excluding hydrogens is 494 g/mol. The molecule has 0 spiro atoms. The summed E-state index contributed by atoms with van der Waals surface area (Å²) in [4.78, 5) is 20.1. The lowest BCUT2D eigenvalue weighted by molar-refractivity contribution is -0.123. The van der Waals surface area contributed by atoms with Gasteiger partial charge in [-0.1, -0.05) is 23.5 Å². The Morgan fingerprint density at radius 3 is 2.88 bits per heavy atom. The predicted octanol–water partition coefficient (Wildman–Crippen LogP) is 4.59. The van der Waals surface area contributed by atoms with E-state index >= 15 is 0 Å². The molecule has 1 saturated heterocycles. The number of para-hydroxylation sites is 1. The van der Waals surface area contributed by atoms with Crippen molar-refractivity contribution in [1.29, 1.82) is 0 Å². The molecule has 1 aliphatic heterocycles. The Labute approximate surface area is 205 Å². The van der Waals surface area contributed by atoms with Crippen LogP contribution in [0.4, 0.5) is 5.13 Å². The van der Waals surface area contributed by atoms with Crippen molar-refractivity contribution < 1.29 is 22.4 Å². The van der Waals surface area contributed by atoms with Crippen molar-refractivity contribution in [2.24, 2.45) is 5.92 Å². The van der Waals surface area contributed by atoms with Crippen LogP contribution in [0.25, 0.3) is 10.2 Å². The summed E-state index contributed by atoms with van der Waals surface area (Å²) in [5, 5.41) is 2.27. The molecule has 178 valence electrons. The fourth-order valence-corrected chi connectivity index (χ4v) is 7.77. The van der Waals surface area contributed by atoms with Crippen LogP contribution in [0.15, 0.2) is 62.7 Å². The van der Waals surface area contributed by atoms with Gasteiger partial charge in [0, 0.05) is 13.1 Å². The van der Waals surface area contributed by atoms with E-state index in [0.29, 0.717) is 45.8 Å². The van der Waals surface area contributed by atoms with Gasteiger partial charge in [-0.2, -0.15) is 4.31 Å². The van der Waals surface area contributed by atoms with Gasteiger partial charge in [-0.15, -0.1) is 11.3 Å². The van der Waals surface area contributed by atoms with Crippen LogP contribution in [-0.4, -0.2) is 43.8 Å². The van der Waals surface area contributed by atoms with E-state index in [1.807, 2.05) is 24.3 Å². The van der Waals surface area contributed by atoms with E-state index in [2.05, 4.69) is 0 Å². The number of carbonyl (C=O) groups is 1. The maximum Gasteiger partial charge on any atom is 0.252 e. The Morgan fingerprint density at radius 2 is 2.15 bits per heavy atom. The summed E-state index contributed by atoms with van der Waals surface area (Å²) in [6, 6.07) is 12.6. The number of sulfonamides is 1. The molecule has 1 fully saturated rings. The zero-order valence-corrected chi connectivity index (χ0v) is 20.9. The van der Waals surface area contributed by atoms with E-state index in [1.54, 1.807) is 41.9 Å². The fraction of sp³-hybridized carbons (Fsp3) is 0.304. The number of thiophene rings is 1. The molecule has 1 atom stereocenters. The average molecular weight is 518 g/mol. The Balaban J connectivity index is 1.46. The van der Waals surface area contributed by atoms with E-state index < -0.39 is 15.9 Å². The zero-order valence-electron chi connectivity index (χ0n) is 18.4. The second-order valence-corrected chi connectivity index (χ2v) is 12.1. The van der Waals surface area contributed by atoms with E-state index in [0.717, 1.165) is 4.70 Å². The molecule has 8 nitrogen and oxygen atoms in total. The van der Waals surface area contributed by atoms with Crippen molar-refractivity contribution in [3.05, 3.63) is 59.9 Å². The molecule has 3 aromatic heterocycles. The highest BCUT2D eigenvalue weighted by Gasteiger charge is 2.37. The summed E-state index contributed by atoms with van der Waals surface area (Å²) in [6.07, 6.45) is 2.79. The molecule has 0 bridgehead atoms. The second-order valence-electron chi connectivity index (χ2n) is 7.94. The van der Waals surface area contributed by atoms with Crippen LogP contribution in [0, 0.1) is 5.92 Å². The van der Waals surface area contributed by atoms with E-state index in [-0.39, 0.29) is 19.0 Å². The van der Waals surface area contributed by atoms with Gasteiger partial charge < -0.3 is 9.15 Å². The first-order chi connectivity index (χ1) is 16.5. The fourth-order valence-electron chi connectivity index (χ4n) is 4.11. The van der Waals surface area contributed by atoms with E-state index in [1.165, 1.54) is 27.0 Å². The molecule has 1 amide bonds. The van der Waals surface area contributed by atoms with Gasteiger partial charge in [-0.05, 0) is 48.6 Å². The topological polar surface area (TPSA) is 93.0 Å². The van der Waals surface area contributed by atoms with Crippen molar-refractivity contribution in [3.8, 4) is 5.75 Å². The molecule has 4 heterocycles. The molecular formula is C23H23N3O5S3. The summed E-state index contributed by atoms with van der Waals surface area (Å²) in [5.41, 5.74) is 0.688. The third-order valence-corrected chi connectivity index (χ3v) is 10.1. The molecule has 5 rings (SSSR count). The highest BCUT2D eigenvalue weighted by Crippen LogP contribution is 2.36. The van der Waals surface area contributed by atoms with Gasteiger partial charge in [0.05, 0.1) is 30.5 Å². The van der Waals surface area contributed by atoms with Crippen LogP contribution in [-0.2, 0) is 21.4 Å². The number of anilines is 1. The first-order valence-electron chi connectivity index (χ1n) is 10.8. The predicted molar refractivity (Wildman–Crippen MR) is 132 cm³/mol. The summed E-state index contributed by atoms with van der Waals surface area (Å²) in [7, 11) is -2.03. The number of thiazole rings is 1. The number of aromatic nitrogens is 1. The van der Waals surface area contributed by atoms with Crippen molar-refractivity contribution in [2.75, 3.05) is 25.1 Å². The lowest BCUT2D eigenvalue weighted by Crippen LogP contribution is -2.46. The van der Waals surface area contributed by atoms with Gasteiger partial charge in [-0.3, -0.25) is 9.69 Å². The van der Waals surface area contributed by atoms with E-state index in [4.69, 9.17) is 14.1 Å². The number of nitrogens with zero attached hydrogens (tertiary/aromatic N) is 3. The first kappa shape index (κ1) is 23.0. The van der Waals surface area contributed by atoms with Crippen LogP contribution in [0.1, 0.15) is 18.6 Å². The second kappa shape index (κ2) is 9.49. The Kier molecular flexibility index (Phi) is 6.43. The Hall–Kier alpha value is -2.73. The highest BCUT2D eigenvalue weighted by atomic mass is 32.2. The van der Waals surface area contributed by atoms with E-state index in [9.17, 15) is 13.2 Å². The van der Waals surface area contributed by atoms with Gasteiger partial charge in [0.2, 0.25) is 5.91 Å². The SMILES string of the molecule is COc1cccc2sc(N(Cc3ccco3)C(=O)C3CCCN(S(=O)(=O)c4cccs4)C3)nc12. The number of benzene rings is 1. The molecule has 1 unspecified atom stereocenters. The number of rotatable bonds is 7. The molecule has 4 aromatic rings. The minimum absolute atomic E-state index is 0.141. The van der Waals surface area contributed by atoms with Gasteiger partial charge in [0.25, 0.3) is 10.0 Å². The quantitative estimate of drug-likeness (QED) is 0.356. The monoisotopic (exact) mass is 517 g/mol. The Morgan fingerprint density at radius 1 is 1.26 bits per heavy atom.